The first kappa shape index (κ1) is 32.5. The molecule has 6 bridgehead atoms. The minimum atomic E-state index is -0.479. The van der Waals surface area contributed by atoms with Gasteiger partial charge in [-0.1, -0.05) is 24.3 Å². The van der Waals surface area contributed by atoms with Gasteiger partial charge in [0.2, 0.25) is 5.91 Å². The number of nitrogens with zero attached hydrogens (tertiary/aromatic N) is 3. The van der Waals surface area contributed by atoms with E-state index in [1.54, 1.807) is 48.7 Å². The lowest BCUT2D eigenvalue weighted by Gasteiger charge is -2.39. The van der Waals surface area contributed by atoms with Crippen molar-refractivity contribution >= 4 is 17.7 Å². The molecule has 11 heteroatoms. The van der Waals surface area contributed by atoms with Crippen molar-refractivity contribution in [3.63, 3.8) is 0 Å². The molecule has 11 nitrogen and oxygen atoms in total. The van der Waals surface area contributed by atoms with E-state index in [9.17, 15) is 14.4 Å². The summed E-state index contributed by atoms with van der Waals surface area (Å²) in [6, 6.07) is 23.4. The predicted molar refractivity (Wildman–Crippen MR) is 180 cm³/mol. The van der Waals surface area contributed by atoms with Gasteiger partial charge in [0, 0.05) is 56.1 Å². The summed E-state index contributed by atoms with van der Waals surface area (Å²) in [6.45, 7) is 1.83. The van der Waals surface area contributed by atoms with Crippen LogP contribution in [0.4, 0.5) is 0 Å². The van der Waals surface area contributed by atoms with Crippen LogP contribution in [0.25, 0.3) is 11.1 Å². The zero-order valence-electron chi connectivity index (χ0n) is 27.1. The van der Waals surface area contributed by atoms with E-state index in [1.807, 2.05) is 66.5 Å². The molecule has 4 aromatic rings. The third-order valence-electron chi connectivity index (χ3n) is 8.50. The molecule has 0 aliphatic carbocycles. The van der Waals surface area contributed by atoms with Crippen LogP contribution >= 0.6 is 0 Å². The number of aromatic nitrogens is 1. The number of carbonyl (C=O) groups excluding carboxylic acids is 3. The maximum absolute atomic E-state index is 13.9. The number of pyridine rings is 1. The molecule has 3 aromatic carbocycles. The van der Waals surface area contributed by atoms with Gasteiger partial charge in [0.15, 0.2) is 6.61 Å². The fourth-order valence-corrected chi connectivity index (χ4v) is 5.96. The lowest BCUT2D eigenvalue weighted by Crippen LogP contribution is -2.59. The van der Waals surface area contributed by atoms with E-state index in [0.29, 0.717) is 61.0 Å². The number of likely N-dealkylation sites (N-methyl/N-ethyl adjacent to an activating group) is 1. The second-order valence-corrected chi connectivity index (χ2v) is 12.0. The molecule has 1 saturated heterocycles. The Bertz CT molecular complexity index is 1750. The van der Waals surface area contributed by atoms with E-state index < -0.39 is 6.04 Å². The number of hydrogen-bond acceptors (Lipinski definition) is 8. The van der Waals surface area contributed by atoms with Crippen LogP contribution in [0.1, 0.15) is 27.9 Å². The fraction of sp³-hybridized carbons (Fsp3) is 0.297. The third kappa shape index (κ3) is 8.10. The summed E-state index contributed by atoms with van der Waals surface area (Å²) in [6.07, 6.45) is 3.63. The van der Waals surface area contributed by atoms with Crippen LogP contribution in [0.2, 0.25) is 0 Å². The fourth-order valence-electron chi connectivity index (χ4n) is 5.96. The second-order valence-electron chi connectivity index (χ2n) is 12.0. The molecule has 0 saturated carbocycles. The van der Waals surface area contributed by atoms with E-state index in [0.717, 1.165) is 16.7 Å². The van der Waals surface area contributed by atoms with Crippen LogP contribution in [0.5, 0.6) is 17.2 Å². The van der Waals surface area contributed by atoms with Crippen molar-refractivity contribution in [3.05, 3.63) is 108 Å². The zero-order chi connectivity index (χ0) is 33.5. The summed E-state index contributed by atoms with van der Waals surface area (Å²) in [4.78, 5) is 47.7. The number of piperidine rings is 1. The number of hydrogen-bond donors (Lipinski definition) is 2. The Morgan fingerprint density at radius 2 is 1.81 bits per heavy atom. The number of nitrogens with one attached hydrogen (secondary N) is 2. The maximum Gasteiger partial charge on any atom is 0.258 e. The molecule has 3 aliphatic heterocycles. The maximum atomic E-state index is 13.9. The van der Waals surface area contributed by atoms with E-state index in [-0.39, 0.29) is 37.0 Å². The highest BCUT2D eigenvalue weighted by Crippen LogP contribution is 2.33. The number of likely N-dealkylation sites (tertiary alicyclic amines) is 1. The van der Waals surface area contributed by atoms with Gasteiger partial charge >= 0.3 is 0 Å². The first-order valence-corrected chi connectivity index (χ1v) is 15.9. The average molecular weight is 650 g/mol. The summed E-state index contributed by atoms with van der Waals surface area (Å²) in [5.41, 5.74) is 3.86. The molecule has 7 rings (SSSR count). The molecule has 0 radical (unpaired) electrons. The van der Waals surface area contributed by atoms with Gasteiger partial charge in [0.05, 0.1) is 19.7 Å². The number of fused-ring (bicyclic) bond motifs is 7. The number of ether oxygens (including phenoxy) is 3. The molecule has 4 heterocycles. The van der Waals surface area contributed by atoms with Gasteiger partial charge < -0.3 is 29.7 Å². The third-order valence-corrected chi connectivity index (χ3v) is 8.50. The van der Waals surface area contributed by atoms with Crippen LogP contribution in [0, 0.1) is 0 Å². The molecular formula is C37H39N5O6. The molecule has 3 amide bonds. The Balaban J connectivity index is 1.26. The van der Waals surface area contributed by atoms with E-state index in [1.165, 1.54) is 0 Å². The molecule has 3 aliphatic rings. The molecular weight excluding hydrogens is 610 g/mol. The van der Waals surface area contributed by atoms with Gasteiger partial charge in [0.25, 0.3) is 11.8 Å². The van der Waals surface area contributed by atoms with Gasteiger partial charge in [0.1, 0.15) is 23.4 Å². The minimum Gasteiger partial charge on any atom is -0.496 e. The monoisotopic (exact) mass is 649 g/mol. The number of carbonyl (C=O) groups is 3. The van der Waals surface area contributed by atoms with Crippen molar-refractivity contribution in [2.75, 3.05) is 40.4 Å². The number of methoxy groups -OCH3 is 1. The first-order chi connectivity index (χ1) is 23.3. The second kappa shape index (κ2) is 15.0. The van der Waals surface area contributed by atoms with Crippen molar-refractivity contribution in [3.8, 4) is 28.4 Å². The average Bonchev–Trinajstić information content (AvgIpc) is 3.11. The SMILES string of the molecule is COc1ccc2cc1-c1cccc(c1)OCC(=O)NCc1ccc(cc1)O[C@@H]1CCN(C(=O)CN(C)Cc3ccncc3)C[C@H]1NC2=O. The predicted octanol–water partition coefficient (Wildman–Crippen LogP) is 3.68. The van der Waals surface area contributed by atoms with Crippen molar-refractivity contribution in [2.45, 2.75) is 31.7 Å². The van der Waals surface area contributed by atoms with Crippen molar-refractivity contribution in [2.24, 2.45) is 0 Å². The lowest BCUT2D eigenvalue weighted by molar-refractivity contribution is -0.134. The summed E-state index contributed by atoms with van der Waals surface area (Å²) in [7, 11) is 3.48. The standard InChI is InChI=1S/C37H39N5O6/c1-41(21-26-12-15-38-16-13-26)23-36(44)42-17-14-34-32(22-42)40-37(45)28-8-11-33(46-2)31(19-28)27-4-3-5-30(18-27)47-24-35(43)39-20-25-6-9-29(48-34)10-7-25/h3-13,15-16,18-19,32,34H,14,17,20-24H2,1-2H3,(H,39,43)(H,40,45)/t32-,34-/m1/s1. The number of benzene rings is 3. The highest BCUT2D eigenvalue weighted by molar-refractivity contribution is 5.96. The topological polar surface area (TPSA) is 122 Å². The minimum absolute atomic E-state index is 0.0223. The number of amides is 3. The molecule has 248 valence electrons. The molecule has 1 aromatic heterocycles. The lowest BCUT2D eigenvalue weighted by atomic mass is 9.99. The van der Waals surface area contributed by atoms with E-state index >= 15 is 0 Å². The largest absolute Gasteiger partial charge is 0.496 e. The summed E-state index contributed by atoms with van der Waals surface area (Å²) in [5.74, 6) is 1.16. The van der Waals surface area contributed by atoms with Gasteiger partial charge in [-0.15, -0.1) is 0 Å². The van der Waals surface area contributed by atoms with Crippen LogP contribution in [-0.4, -0.2) is 85.0 Å². The zero-order valence-corrected chi connectivity index (χ0v) is 27.1. The van der Waals surface area contributed by atoms with Gasteiger partial charge in [-0.05, 0) is 78.3 Å². The molecule has 2 atom stereocenters. The highest BCUT2D eigenvalue weighted by Gasteiger charge is 2.34. The Hall–Kier alpha value is -5.42. The Kier molecular flexibility index (Phi) is 10.2. The smallest absolute Gasteiger partial charge is 0.258 e. The quantitative estimate of drug-likeness (QED) is 0.336. The highest BCUT2D eigenvalue weighted by atomic mass is 16.5. The van der Waals surface area contributed by atoms with Gasteiger partial charge in [-0.25, -0.2) is 0 Å². The van der Waals surface area contributed by atoms with Crippen molar-refractivity contribution in [1.82, 2.24) is 25.4 Å². The van der Waals surface area contributed by atoms with E-state index in [2.05, 4.69) is 15.6 Å². The van der Waals surface area contributed by atoms with Crippen LogP contribution < -0.4 is 24.8 Å². The summed E-state index contributed by atoms with van der Waals surface area (Å²) >= 11 is 0. The van der Waals surface area contributed by atoms with E-state index in [4.69, 9.17) is 14.2 Å². The Morgan fingerprint density at radius 3 is 2.60 bits per heavy atom. The molecule has 2 N–H and O–H groups in total. The Labute approximate surface area is 279 Å². The van der Waals surface area contributed by atoms with Crippen LogP contribution in [0.15, 0.2) is 91.3 Å². The Morgan fingerprint density at radius 1 is 1.00 bits per heavy atom. The van der Waals surface area contributed by atoms with Crippen LogP contribution in [0.3, 0.4) is 0 Å². The molecule has 1 fully saturated rings. The molecule has 0 unspecified atom stereocenters. The van der Waals surface area contributed by atoms with Gasteiger partial charge in [-0.2, -0.15) is 0 Å². The van der Waals surface area contributed by atoms with Crippen LogP contribution in [-0.2, 0) is 22.7 Å². The molecule has 0 spiro atoms. The summed E-state index contributed by atoms with van der Waals surface area (Å²) in [5, 5.41) is 6.07. The normalized spacial score (nSPS) is 18.1. The number of rotatable bonds is 5. The van der Waals surface area contributed by atoms with Crippen molar-refractivity contribution in [1.29, 1.82) is 0 Å². The van der Waals surface area contributed by atoms with Gasteiger partial charge in [-0.3, -0.25) is 24.3 Å². The van der Waals surface area contributed by atoms with Crippen molar-refractivity contribution < 1.29 is 28.6 Å². The summed E-state index contributed by atoms with van der Waals surface area (Å²) < 4.78 is 17.9. The first-order valence-electron chi connectivity index (χ1n) is 15.9. The molecule has 48 heavy (non-hydrogen) atoms.